The van der Waals surface area contributed by atoms with E-state index < -0.39 is 44.5 Å². The summed E-state index contributed by atoms with van der Waals surface area (Å²) in [5, 5.41) is 0. The van der Waals surface area contributed by atoms with Gasteiger partial charge < -0.3 is 9.47 Å². The Morgan fingerprint density at radius 1 is 0.926 bits per heavy atom. The summed E-state index contributed by atoms with van der Waals surface area (Å²) in [6.07, 6.45) is -9.67. The topological polar surface area (TPSA) is 64.6 Å². The summed E-state index contributed by atoms with van der Waals surface area (Å²) in [7, 11) is -3.27. The minimum atomic E-state index is -4.95. The summed E-state index contributed by atoms with van der Waals surface area (Å²) in [4.78, 5) is -0.489. The van der Waals surface area contributed by atoms with Gasteiger partial charge in [0.15, 0.2) is 0 Å². The summed E-state index contributed by atoms with van der Waals surface area (Å²) >= 11 is 0. The fourth-order valence-electron chi connectivity index (χ4n) is 1.99. The van der Waals surface area contributed by atoms with Gasteiger partial charge in [0.2, 0.25) is 0 Å². The molecule has 0 fully saturated rings. The predicted molar refractivity (Wildman–Crippen MR) is 81.9 cm³/mol. The van der Waals surface area contributed by atoms with Crippen LogP contribution in [-0.2, 0) is 16.2 Å². The van der Waals surface area contributed by atoms with Gasteiger partial charge in [0.25, 0.3) is 10.0 Å². The van der Waals surface area contributed by atoms with Gasteiger partial charge >= 0.3 is 12.5 Å². The predicted octanol–water partition coefficient (Wildman–Crippen LogP) is 4.41. The van der Waals surface area contributed by atoms with Crippen LogP contribution in [0.25, 0.3) is 0 Å². The number of nitrogens with one attached hydrogen (secondary N) is 1. The highest BCUT2D eigenvalue weighted by Gasteiger charge is 2.32. The molecule has 12 heteroatoms. The van der Waals surface area contributed by atoms with Gasteiger partial charge in [0.05, 0.1) is 23.3 Å². The first-order valence-electron chi connectivity index (χ1n) is 6.96. The second-order valence-electron chi connectivity index (χ2n) is 5.04. The molecule has 0 heterocycles. The van der Waals surface area contributed by atoms with Gasteiger partial charge in [-0.3, -0.25) is 4.72 Å². The van der Waals surface area contributed by atoms with Crippen LogP contribution in [0.15, 0.2) is 47.4 Å². The number of methoxy groups -OCH3 is 1. The molecule has 0 atom stereocenters. The molecule has 0 radical (unpaired) electrons. The molecule has 0 bridgehead atoms. The Hall–Kier alpha value is -2.63. The number of sulfonamides is 1. The third-order valence-electron chi connectivity index (χ3n) is 3.14. The molecular formula is C15H11F6NO4S. The fourth-order valence-corrected chi connectivity index (χ4v) is 3.05. The van der Waals surface area contributed by atoms with E-state index in [-0.39, 0.29) is 5.75 Å². The first kappa shape index (κ1) is 20.7. The number of hydrogen-bond acceptors (Lipinski definition) is 4. The Kier molecular flexibility index (Phi) is 5.50. The molecule has 0 amide bonds. The van der Waals surface area contributed by atoms with Crippen molar-refractivity contribution < 1.29 is 44.2 Å². The van der Waals surface area contributed by atoms with Gasteiger partial charge in [-0.25, -0.2) is 8.42 Å². The zero-order valence-corrected chi connectivity index (χ0v) is 14.2. The van der Waals surface area contributed by atoms with Gasteiger partial charge in [0.1, 0.15) is 11.5 Å². The largest absolute Gasteiger partial charge is 0.573 e. The van der Waals surface area contributed by atoms with Crippen LogP contribution in [0.2, 0.25) is 0 Å². The number of anilines is 1. The standard InChI is InChI=1S/C15H11F6NO4S/c1-25-13-7-2-9(14(16,17)18)8-12(13)22-27(23,24)11-5-3-10(4-6-11)26-15(19,20)21/h2-8,22H,1H3. The van der Waals surface area contributed by atoms with Gasteiger partial charge in [-0.15, -0.1) is 13.2 Å². The lowest BCUT2D eigenvalue weighted by molar-refractivity contribution is -0.274. The van der Waals surface area contributed by atoms with Crippen molar-refractivity contribution in [2.45, 2.75) is 17.4 Å². The summed E-state index contributed by atoms with van der Waals surface area (Å²) in [6, 6.07) is 5.31. The van der Waals surface area contributed by atoms with Crippen LogP contribution in [-0.4, -0.2) is 21.9 Å². The zero-order chi connectivity index (χ0) is 20.5. The molecule has 0 unspecified atom stereocenters. The molecule has 2 rings (SSSR count). The van der Waals surface area contributed by atoms with E-state index in [0.29, 0.717) is 12.1 Å². The highest BCUT2D eigenvalue weighted by Crippen LogP contribution is 2.36. The minimum Gasteiger partial charge on any atom is -0.495 e. The second kappa shape index (κ2) is 7.18. The van der Waals surface area contributed by atoms with E-state index in [1.54, 1.807) is 0 Å². The minimum absolute atomic E-state index is 0.177. The third-order valence-corrected chi connectivity index (χ3v) is 4.52. The normalized spacial score (nSPS) is 12.6. The van der Waals surface area contributed by atoms with Gasteiger partial charge in [0, 0.05) is 0 Å². The highest BCUT2D eigenvalue weighted by atomic mass is 32.2. The van der Waals surface area contributed by atoms with Crippen LogP contribution in [0.3, 0.4) is 0 Å². The Balaban J connectivity index is 2.33. The number of halogens is 6. The quantitative estimate of drug-likeness (QED) is 0.735. The molecular weight excluding hydrogens is 404 g/mol. The van der Waals surface area contributed by atoms with E-state index in [4.69, 9.17) is 4.74 Å². The first-order valence-corrected chi connectivity index (χ1v) is 8.44. The first-order chi connectivity index (χ1) is 12.3. The third kappa shape index (κ3) is 5.42. The number of hydrogen-bond donors (Lipinski definition) is 1. The summed E-state index contributed by atoms with van der Waals surface area (Å²) in [5.41, 5.74) is -1.60. The maximum atomic E-state index is 12.8. The van der Waals surface area contributed by atoms with Crippen molar-refractivity contribution in [2.75, 3.05) is 11.8 Å². The average Bonchev–Trinajstić information content (AvgIpc) is 2.52. The molecule has 0 saturated heterocycles. The number of alkyl halides is 6. The lowest BCUT2D eigenvalue weighted by Crippen LogP contribution is -2.17. The Labute approximate surface area is 149 Å². The SMILES string of the molecule is COc1ccc(C(F)(F)F)cc1NS(=O)(=O)c1ccc(OC(F)(F)F)cc1. The Morgan fingerprint density at radius 2 is 1.52 bits per heavy atom. The van der Waals surface area contributed by atoms with Gasteiger partial charge in [-0.2, -0.15) is 13.2 Å². The van der Waals surface area contributed by atoms with Crippen molar-refractivity contribution in [3.8, 4) is 11.5 Å². The van der Waals surface area contributed by atoms with Crippen LogP contribution in [0, 0.1) is 0 Å². The maximum Gasteiger partial charge on any atom is 0.573 e. The van der Waals surface area contributed by atoms with Crippen molar-refractivity contribution in [1.29, 1.82) is 0 Å². The molecule has 148 valence electrons. The van der Waals surface area contributed by atoms with Crippen LogP contribution in [0.4, 0.5) is 32.0 Å². The van der Waals surface area contributed by atoms with E-state index >= 15 is 0 Å². The summed E-state index contributed by atoms with van der Waals surface area (Å²) < 4.78 is 110. The van der Waals surface area contributed by atoms with E-state index in [1.165, 1.54) is 0 Å². The van der Waals surface area contributed by atoms with Gasteiger partial charge in [-0.05, 0) is 42.5 Å². The van der Waals surface area contributed by atoms with E-state index in [2.05, 4.69) is 4.74 Å². The summed E-state index contributed by atoms with van der Waals surface area (Å²) in [6.45, 7) is 0. The smallest absolute Gasteiger partial charge is 0.495 e. The molecule has 27 heavy (non-hydrogen) atoms. The molecule has 1 N–H and O–H groups in total. The molecule has 0 saturated carbocycles. The number of rotatable bonds is 5. The van der Waals surface area contributed by atoms with Crippen LogP contribution >= 0.6 is 0 Å². The number of ether oxygens (including phenoxy) is 2. The van der Waals surface area contributed by atoms with Crippen LogP contribution in [0.1, 0.15) is 5.56 Å². The van der Waals surface area contributed by atoms with Crippen molar-refractivity contribution in [1.82, 2.24) is 0 Å². The molecule has 0 aliphatic carbocycles. The molecule has 5 nitrogen and oxygen atoms in total. The van der Waals surface area contributed by atoms with E-state index in [1.807, 2.05) is 4.72 Å². The van der Waals surface area contributed by atoms with Crippen LogP contribution in [0.5, 0.6) is 11.5 Å². The van der Waals surface area contributed by atoms with E-state index in [9.17, 15) is 34.8 Å². The maximum absolute atomic E-state index is 12.8. The molecule has 0 aliphatic heterocycles. The molecule has 2 aromatic carbocycles. The Bertz CT molecular complexity index is 907. The van der Waals surface area contributed by atoms with Crippen molar-refractivity contribution in [2.24, 2.45) is 0 Å². The highest BCUT2D eigenvalue weighted by molar-refractivity contribution is 7.92. The summed E-state index contributed by atoms with van der Waals surface area (Å²) in [5.74, 6) is -0.832. The fraction of sp³-hybridized carbons (Fsp3) is 0.200. The van der Waals surface area contributed by atoms with Gasteiger partial charge in [-0.1, -0.05) is 0 Å². The zero-order valence-electron chi connectivity index (χ0n) is 13.4. The second-order valence-corrected chi connectivity index (χ2v) is 6.72. The monoisotopic (exact) mass is 415 g/mol. The van der Waals surface area contributed by atoms with E-state index in [0.717, 1.165) is 37.4 Å². The van der Waals surface area contributed by atoms with Crippen molar-refractivity contribution in [3.63, 3.8) is 0 Å². The molecule has 2 aromatic rings. The molecule has 0 aliphatic rings. The Morgan fingerprint density at radius 3 is 2.00 bits per heavy atom. The lowest BCUT2D eigenvalue weighted by atomic mass is 10.2. The number of benzene rings is 2. The average molecular weight is 415 g/mol. The van der Waals surface area contributed by atoms with Crippen molar-refractivity contribution >= 4 is 15.7 Å². The molecule has 0 aromatic heterocycles. The lowest BCUT2D eigenvalue weighted by Gasteiger charge is -2.15. The van der Waals surface area contributed by atoms with Crippen molar-refractivity contribution in [3.05, 3.63) is 48.0 Å². The molecule has 0 spiro atoms. The van der Waals surface area contributed by atoms with Crippen LogP contribution < -0.4 is 14.2 Å².